The van der Waals surface area contributed by atoms with Gasteiger partial charge in [0.25, 0.3) is 0 Å². The van der Waals surface area contributed by atoms with E-state index >= 15 is 0 Å². The average Bonchev–Trinajstić information content (AvgIpc) is 2.83. The van der Waals surface area contributed by atoms with E-state index in [0.29, 0.717) is 13.1 Å². The Morgan fingerprint density at radius 2 is 2.00 bits per heavy atom. The zero-order valence-corrected chi connectivity index (χ0v) is 11.5. The molecule has 0 bridgehead atoms. The molecule has 0 fully saturated rings. The van der Waals surface area contributed by atoms with E-state index in [2.05, 4.69) is 17.1 Å². The second kappa shape index (κ2) is 4.02. The van der Waals surface area contributed by atoms with Crippen molar-refractivity contribution in [2.45, 2.75) is 39.5 Å². The third kappa shape index (κ3) is 2.18. The highest BCUT2D eigenvalue weighted by Crippen LogP contribution is 2.30. The molecule has 0 saturated carbocycles. The van der Waals surface area contributed by atoms with E-state index in [-0.39, 0.29) is 6.09 Å². The van der Waals surface area contributed by atoms with Gasteiger partial charge in [-0.1, -0.05) is 18.2 Å². The molecule has 1 N–H and O–H groups in total. The molecule has 0 aliphatic carbocycles. The summed E-state index contributed by atoms with van der Waals surface area (Å²) in [5.41, 5.74) is 3.01. The van der Waals surface area contributed by atoms with Crippen molar-refractivity contribution < 1.29 is 9.53 Å². The normalized spacial score (nSPS) is 14.8. The van der Waals surface area contributed by atoms with Crippen molar-refractivity contribution in [2.24, 2.45) is 0 Å². The summed E-state index contributed by atoms with van der Waals surface area (Å²) in [4.78, 5) is 17.2. The lowest BCUT2D eigenvalue weighted by atomic mass is 10.1. The summed E-state index contributed by atoms with van der Waals surface area (Å²) in [5, 5.41) is 1.20. The fourth-order valence-corrected chi connectivity index (χ4v) is 2.46. The van der Waals surface area contributed by atoms with Crippen LogP contribution < -0.4 is 0 Å². The van der Waals surface area contributed by atoms with Gasteiger partial charge in [-0.15, -0.1) is 0 Å². The van der Waals surface area contributed by atoms with Gasteiger partial charge >= 0.3 is 6.09 Å². The number of nitrogens with one attached hydrogen (secondary N) is 1. The topological polar surface area (TPSA) is 45.3 Å². The molecule has 1 amide bonds. The summed E-state index contributed by atoms with van der Waals surface area (Å²) in [6, 6.07) is 8.18. The maximum absolute atomic E-state index is 12.1. The Balaban J connectivity index is 1.83. The number of rotatable bonds is 0. The number of carbonyl (C=O) groups is 1. The highest BCUT2D eigenvalue weighted by molar-refractivity contribution is 5.86. The zero-order valence-electron chi connectivity index (χ0n) is 11.5. The number of fused-ring (bicyclic) bond motifs is 3. The Labute approximate surface area is 112 Å². The van der Waals surface area contributed by atoms with E-state index in [9.17, 15) is 4.79 Å². The first-order chi connectivity index (χ1) is 8.94. The van der Waals surface area contributed by atoms with Crippen LogP contribution in [-0.4, -0.2) is 21.6 Å². The summed E-state index contributed by atoms with van der Waals surface area (Å²) < 4.78 is 5.41. The summed E-state index contributed by atoms with van der Waals surface area (Å²) in [6.45, 7) is 6.87. The lowest BCUT2D eigenvalue weighted by Crippen LogP contribution is -2.33. The Morgan fingerprint density at radius 3 is 2.74 bits per heavy atom. The minimum atomic E-state index is -0.449. The van der Waals surface area contributed by atoms with Gasteiger partial charge in [0.05, 0.1) is 13.1 Å². The molecule has 0 saturated heterocycles. The van der Waals surface area contributed by atoms with Gasteiger partial charge in [-0.05, 0) is 26.8 Å². The number of ether oxygens (including phenoxy) is 1. The average molecular weight is 258 g/mol. The molecule has 4 nitrogen and oxygen atoms in total. The number of nitrogens with zero attached hydrogens (tertiary/aromatic N) is 1. The fraction of sp³-hybridized carbons (Fsp3) is 0.400. The fourth-order valence-electron chi connectivity index (χ4n) is 2.46. The first-order valence-electron chi connectivity index (χ1n) is 6.50. The largest absolute Gasteiger partial charge is 0.444 e. The maximum atomic E-state index is 12.1. The third-order valence-corrected chi connectivity index (χ3v) is 3.25. The van der Waals surface area contributed by atoms with Crippen LogP contribution in [-0.2, 0) is 17.8 Å². The zero-order chi connectivity index (χ0) is 13.6. The third-order valence-electron chi connectivity index (χ3n) is 3.25. The van der Waals surface area contributed by atoms with Crippen LogP contribution >= 0.6 is 0 Å². The number of aromatic nitrogens is 1. The predicted octanol–water partition coefficient (Wildman–Crippen LogP) is 3.42. The molecule has 1 aliphatic heterocycles. The van der Waals surface area contributed by atoms with E-state index in [4.69, 9.17) is 4.74 Å². The number of H-pyrrole nitrogens is 1. The molecule has 0 radical (unpaired) electrons. The molecule has 1 aromatic heterocycles. The van der Waals surface area contributed by atoms with E-state index < -0.39 is 5.60 Å². The second-order valence-corrected chi connectivity index (χ2v) is 5.96. The Hall–Kier alpha value is -1.97. The molecular formula is C15H18N2O2. The van der Waals surface area contributed by atoms with Gasteiger partial charge in [-0.3, -0.25) is 4.90 Å². The minimum Gasteiger partial charge on any atom is -0.444 e. The first-order valence-corrected chi connectivity index (χ1v) is 6.50. The van der Waals surface area contributed by atoms with Crippen LogP contribution in [0.1, 0.15) is 32.0 Å². The van der Waals surface area contributed by atoms with Gasteiger partial charge in [-0.25, -0.2) is 4.79 Å². The number of benzene rings is 1. The number of hydrogen-bond donors (Lipinski definition) is 1. The highest BCUT2D eigenvalue weighted by Gasteiger charge is 2.29. The molecule has 2 heterocycles. The summed E-state index contributed by atoms with van der Waals surface area (Å²) >= 11 is 0. The van der Waals surface area contributed by atoms with Crippen LogP contribution in [0.15, 0.2) is 24.3 Å². The highest BCUT2D eigenvalue weighted by atomic mass is 16.6. The number of aromatic amines is 1. The smallest absolute Gasteiger partial charge is 0.410 e. The second-order valence-electron chi connectivity index (χ2n) is 5.96. The summed E-state index contributed by atoms with van der Waals surface area (Å²) in [6.07, 6.45) is -0.249. The van der Waals surface area contributed by atoms with Crippen LogP contribution in [0.2, 0.25) is 0 Å². The van der Waals surface area contributed by atoms with Crippen LogP contribution in [0.3, 0.4) is 0 Å². The number of hydrogen-bond acceptors (Lipinski definition) is 2. The SMILES string of the molecule is CC(C)(C)OC(=O)N1Cc2[nH]c3ccccc3c2C1. The maximum Gasteiger partial charge on any atom is 0.410 e. The number of para-hydroxylation sites is 1. The van der Waals surface area contributed by atoms with Gasteiger partial charge in [0, 0.05) is 22.2 Å². The summed E-state index contributed by atoms with van der Waals surface area (Å²) in [5.74, 6) is 0. The van der Waals surface area contributed by atoms with Crippen molar-refractivity contribution in [1.29, 1.82) is 0 Å². The molecule has 0 unspecified atom stereocenters. The Bertz CT molecular complexity index is 637. The molecule has 19 heavy (non-hydrogen) atoms. The number of carbonyl (C=O) groups excluding carboxylic acids is 1. The van der Waals surface area contributed by atoms with Gasteiger partial charge in [0.15, 0.2) is 0 Å². The molecule has 3 rings (SSSR count). The first kappa shape index (κ1) is 12.1. The molecule has 4 heteroatoms. The predicted molar refractivity (Wildman–Crippen MR) is 73.8 cm³/mol. The van der Waals surface area contributed by atoms with Crippen molar-refractivity contribution in [3.05, 3.63) is 35.5 Å². The summed E-state index contributed by atoms with van der Waals surface area (Å²) in [7, 11) is 0. The van der Waals surface area contributed by atoms with E-state index in [1.165, 1.54) is 10.9 Å². The van der Waals surface area contributed by atoms with Crippen LogP contribution in [0.4, 0.5) is 4.79 Å². The van der Waals surface area contributed by atoms with Crippen molar-refractivity contribution in [2.75, 3.05) is 0 Å². The number of amides is 1. The van der Waals surface area contributed by atoms with Crippen molar-refractivity contribution in [3.8, 4) is 0 Å². The van der Waals surface area contributed by atoms with E-state index in [1.807, 2.05) is 32.9 Å². The molecule has 2 aromatic rings. The van der Waals surface area contributed by atoms with Crippen molar-refractivity contribution in [1.82, 2.24) is 9.88 Å². The van der Waals surface area contributed by atoms with Crippen molar-refractivity contribution in [3.63, 3.8) is 0 Å². The van der Waals surface area contributed by atoms with Crippen LogP contribution in [0.25, 0.3) is 10.9 Å². The Kier molecular flexibility index (Phi) is 2.55. The lowest BCUT2D eigenvalue weighted by Gasteiger charge is -2.24. The lowest BCUT2D eigenvalue weighted by molar-refractivity contribution is 0.0241. The molecule has 1 aromatic carbocycles. The van der Waals surface area contributed by atoms with Crippen LogP contribution in [0, 0.1) is 0 Å². The van der Waals surface area contributed by atoms with Gasteiger partial charge in [-0.2, -0.15) is 0 Å². The molecule has 0 spiro atoms. The molecule has 0 atom stereocenters. The van der Waals surface area contributed by atoms with Crippen LogP contribution in [0.5, 0.6) is 0 Å². The van der Waals surface area contributed by atoms with Gasteiger partial charge in [0.1, 0.15) is 5.60 Å². The Morgan fingerprint density at radius 1 is 1.26 bits per heavy atom. The quantitative estimate of drug-likeness (QED) is 0.787. The minimum absolute atomic E-state index is 0.249. The van der Waals surface area contributed by atoms with Gasteiger partial charge < -0.3 is 9.72 Å². The van der Waals surface area contributed by atoms with Gasteiger partial charge in [0.2, 0.25) is 0 Å². The van der Waals surface area contributed by atoms with E-state index in [1.54, 1.807) is 4.90 Å². The standard InChI is InChI=1S/C15H18N2O2/c1-15(2,3)19-14(18)17-8-11-10-6-4-5-7-12(10)16-13(11)9-17/h4-7,16H,8-9H2,1-3H3. The monoisotopic (exact) mass is 258 g/mol. The molecular weight excluding hydrogens is 240 g/mol. The molecule has 1 aliphatic rings. The molecule has 100 valence electrons. The van der Waals surface area contributed by atoms with Crippen molar-refractivity contribution >= 4 is 17.0 Å². The van der Waals surface area contributed by atoms with E-state index in [0.717, 1.165) is 11.2 Å².